The van der Waals surface area contributed by atoms with Gasteiger partial charge in [0.05, 0.1) is 0 Å². The molecule has 0 aromatic rings. The van der Waals surface area contributed by atoms with Crippen LogP contribution in [0.5, 0.6) is 0 Å². The highest BCUT2D eigenvalue weighted by Gasteiger charge is 2.24. The van der Waals surface area contributed by atoms with E-state index in [1.54, 1.807) is 25.7 Å². The van der Waals surface area contributed by atoms with Gasteiger partial charge < -0.3 is 0 Å². The first-order chi connectivity index (χ1) is 9.97. The van der Waals surface area contributed by atoms with Crippen molar-refractivity contribution in [2.24, 2.45) is 11.8 Å². The van der Waals surface area contributed by atoms with Gasteiger partial charge in [-0.25, -0.2) is 0 Å². The van der Waals surface area contributed by atoms with Crippen LogP contribution in [0.25, 0.3) is 0 Å². The Hall–Kier alpha value is 0. The molecule has 0 unspecified atom stereocenters. The standard InChI is InChI=1S/C20H38/c1-2-4-6-8-10-12-16-19(20-17-13-14-18-20)15-11-9-7-5-3-1/h19-20H,1-18H2. The van der Waals surface area contributed by atoms with Gasteiger partial charge in [0.2, 0.25) is 0 Å². The molecule has 0 bridgehead atoms. The zero-order valence-electron chi connectivity index (χ0n) is 13.9. The van der Waals surface area contributed by atoms with Crippen LogP contribution in [0.15, 0.2) is 0 Å². The summed E-state index contributed by atoms with van der Waals surface area (Å²) in [6.45, 7) is 0. The summed E-state index contributed by atoms with van der Waals surface area (Å²) in [6, 6.07) is 0. The Bertz CT molecular complexity index is 198. The lowest BCUT2D eigenvalue weighted by molar-refractivity contribution is 0.281. The maximum atomic E-state index is 1.56. The second-order valence-corrected chi connectivity index (χ2v) is 7.62. The van der Waals surface area contributed by atoms with Gasteiger partial charge in [0.1, 0.15) is 0 Å². The molecule has 0 atom stereocenters. The molecule has 118 valence electrons. The molecule has 20 heavy (non-hydrogen) atoms. The molecule has 0 spiro atoms. The zero-order chi connectivity index (χ0) is 13.9. The second-order valence-electron chi connectivity index (χ2n) is 7.62. The molecule has 2 rings (SSSR count). The van der Waals surface area contributed by atoms with E-state index in [0.717, 1.165) is 11.8 Å². The van der Waals surface area contributed by atoms with Crippen molar-refractivity contribution in [1.82, 2.24) is 0 Å². The summed E-state index contributed by atoms with van der Waals surface area (Å²) in [4.78, 5) is 0. The highest BCUT2D eigenvalue weighted by Crippen LogP contribution is 2.37. The molecule has 0 aromatic heterocycles. The van der Waals surface area contributed by atoms with Crippen molar-refractivity contribution in [2.75, 3.05) is 0 Å². The van der Waals surface area contributed by atoms with Crippen LogP contribution >= 0.6 is 0 Å². The summed E-state index contributed by atoms with van der Waals surface area (Å²) in [5.74, 6) is 2.22. The van der Waals surface area contributed by atoms with Gasteiger partial charge in [0, 0.05) is 0 Å². The van der Waals surface area contributed by atoms with Gasteiger partial charge >= 0.3 is 0 Å². The van der Waals surface area contributed by atoms with E-state index in [2.05, 4.69) is 0 Å². The summed E-state index contributed by atoms with van der Waals surface area (Å²) in [5, 5.41) is 0. The normalized spacial score (nSPS) is 27.0. The number of hydrogen-bond donors (Lipinski definition) is 0. The third kappa shape index (κ3) is 6.64. The monoisotopic (exact) mass is 278 g/mol. The maximum Gasteiger partial charge on any atom is -0.0386 e. The van der Waals surface area contributed by atoms with E-state index < -0.39 is 0 Å². The van der Waals surface area contributed by atoms with Gasteiger partial charge in [-0.3, -0.25) is 0 Å². The molecule has 2 aliphatic rings. The van der Waals surface area contributed by atoms with Gasteiger partial charge in [-0.2, -0.15) is 0 Å². The zero-order valence-corrected chi connectivity index (χ0v) is 13.9. The van der Waals surface area contributed by atoms with Crippen LogP contribution < -0.4 is 0 Å². The van der Waals surface area contributed by atoms with Gasteiger partial charge in [-0.05, 0) is 11.8 Å². The molecule has 0 amide bonds. The van der Waals surface area contributed by atoms with E-state index in [0.29, 0.717) is 0 Å². The molecule has 2 aliphatic carbocycles. The first kappa shape index (κ1) is 16.4. The number of hydrogen-bond acceptors (Lipinski definition) is 0. The first-order valence-corrected chi connectivity index (χ1v) is 9.97. The van der Waals surface area contributed by atoms with Gasteiger partial charge in [-0.1, -0.05) is 116 Å². The number of rotatable bonds is 1. The lowest BCUT2D eigenvalue weighted by Gasteiger charge is -2.23. The Morgan fingerprint density at radius 3 is 0.750 bits per heavy atom. The third-order valence-electron chi connectivity index (χ3n) is 5.97. The summed E-state index contributed by atoms with van der Waals surface area (Å²) < 4.78 is 0. The fourth-order valence-corrected chi connectivity index (χ4v) is 4.63. The SMILES string of the molecule is C1CCCCCCCC(C2CCCC2)CCCCCC1. The van der Waals surface area contributed by atoms with Gasteiger partial charge in [0.15, 0.2) is 0 Å². The van der Waals surface area contributed by atoms with E-state index in [4.69, 9.17) is 0 Å². The molecule has 0 N–H and O–H groups in total. The van der Waals surface area contributed by atoms with E-state index in [1.165, 1.54) is 89.9 Å². The molecule has 2 saturated carbocycles. The highest BCUT2D eigenvalue weighted by atomic mass is 14.3. The van der Waals surface area contributed by atoms with Crippen molar-refractivity contribution in [3.63, 3.8) is 0 Å². The molecule has 0 nitrogen and oxygen atoms in total. The van der Waals surface area contributed by atoms with Crippen molar-refractivity contribution >= 4 is 0 Å². The van der Waals surface area contributed by atoms with Crippen molar-refractivity contribution in [3.05, 3.63) is 0 Å². The average molecular weight is 279 g/mol. The fraction of sp³-hybridized carbons (Fsp3) is 1.00. The van der Waals surface area contributed by atoms with Crippen LogP contribution in [0.3, 0.4) is 0 Å². The minimum atomic E-state index is 1.10. The highest BCUT2D eigenvalue weighted by molar-refractivity contribution is 4.76. The fourth-order valence-electron chi connectivity index (χ4n) is 4.63. The molecular formula is C20H38. The smallest absolute Gasteiger partial charge is 0.0386 e. The minimum absolute atomic E-state index is 1.10. The van der Waals surface area contributed by atoms with Crippen LogP contribution in [0.2, 0.25) is 0 Å². The van der Waals surface area contributed by atoms with E-state index >= 15 is 0 Å². The van der Waals surface area contributed by atoms with E-state index in [9.17, 15) is 0 Å². The Morgan fingerprint density at radius 1 is 0.250 bits per heavy atom. The minimum Gasteiger partial charge on any atom is -0.0533 e. The molecule has 0 heteroatoms. The van der Waals surface area contributed by atoms with Crippen molar-refractivity contribution < 1.29 is 0 Å². The van der Waals surface area contributed by atoms with Crippen LogP contribution in [0.1, 0.15) is 116 Å². The third-order valence-corrected chi connectivity index (χ3v) is 5.97. The average Bonchev–Trinajstić information content (AvgIpc) is 2.98. The summed E-state index contributed by atoms with van der Waals surface area (Å²) in [6.07, 6.45) is 27.5. The predicted octanol–water partition coefficient (Wildman–Crippen LogP) is 7.27. The van der Waals surface area contributed by atoms with Crippen LogP contribution in [0, 0.1) is 11.8 Å². The van der Waals surface area contributed by atoms with Crippen molar-refractivity contribution in [2.45, 2.75) is 116 Å². The quantitative estimate of drug-likeness (QED) is 0.473. The summed E-state index contributed by atoms with van der Waals surface area (Å²) >= 11 is 0. The van der Waals surface area contributed by atoms with Gasteiger partial charge in [-0.15, -0.1) is 0 Å². The molecule has 0 saturated heterocycles. The first-order valence-electron chi connectivity index (χ1n) is 9.97. The van der Waals surface area contributed by atoms with Crippen LogP contribution in [-0.2, 0) is 0 Å². The molecule has 0 aromatic carbocycles. The lowest BCUT2D eigenvalue weighted by atomic mass is 9.82. The lowest BCUT2D eigenvalue weighted by Crippen LogP contribution is -2.12. The van der Waals surface area contributed by atoms with Crippen LogP contribution in [-0.4, -0.2) is 0 Å². The van der Waals surface area contributed by atoms with E-state index in [1.807, 2.05) is 0 Å². The largest absolute Gasteiger partial charge is 0.0533 e. The Labute approximate surface area is 128 Å². The molecular weight excluding hydrogens is 240 g/mol. The van der Waals surface area contributed by atoms with Crippen molar-refractivity contribution in [3.8, 4) is 0 Å². The second kappa shape index (κ2) is 10.7. The Morgan fingerprint density at radius 2 is 0.450 bits per heavy atom. The van der Waals surface area contributed by atoms with Crippen LogP contribution in [0.4, 0.5) is 0 Å². The summed E-state index contributed by atoms with van der Waals surface area (Å²) in [5.41, 5.74) is 0. The van der Waals surface area contributed by atoms with Gasteiger partial charge in [0.25, 0.3) is 0 Å². The molecule has 0 radical (unpaired) electrons. The topological polar surface area (TPSA) is 0 Å². The molecule has 2 fully saturated rings. The Kier molecular flexibility index (Phi) is 8.75. The predicted molar refractivity (Wildman–Crippen MR) is 90.1 cm³/mol. The molecule has 0 heterocycles. The molecule has 0 aliphatic heterocycles. The van der Waals surface area contributed by atoms with Crippen molar-refractivity contribution in [1.29, 1.82) is 0 Å². The van der Waals surface area contributed by atoms with E-state index in [-0.39, 0.29) is 0 Å². The maximum absolute atomic E-state index is 1.56. The summed E-state index contributed by atoms with van der Waals surface area (Å²) in [7, 11) is 0. The Balaban J connectivity index is 1.72.